The zero-order chi connectivity index (χ0) is 24.9. The van der Waals surface area contributed by atoms with Crippen molar-refractivity contribution in [3.63, 3.8) is 0 Å². The molecule has 190 valence electrons. The highest BCUT2D eigenvalue weighted by Gasteiger charge is 2.21. The number of nitrogens with one attached hydrogen (secondary N) is 2. The molecule has 3 aromatic rings. The summed E-state index contributed by atoms with van der Waals surface area (Å²) in [7, 11) is 0. The Bertz CT molecular complexity index is 1190. The van der Waals surface area contributed by atoms with Gasteiger partial charge in [0.15, 0.2) is 12.2 Å². The van der Waals surface area contributed by atoms with Crippen LogP contribution in [0.4, 0.5) is 5.82 Å². The van der Waals surface area contributed by atoms with Crippen molar-refractivity contribution in [3.8, 4) is 5.75 Å². The van der Waals surface area contributed by atoms with Gasteiger partial charge in [0, 0.05) is 44.0 Å². The van der Waals surface area contributed by atoms with Crippen LogP contribution in [0.2, 0.25) is 0 Å². The molecule has 0 radical (unpaired) electrons. The summed E-state index contributed by atoms with van der Waals surface area (Å²) in [4.78, 5) is 23.2. The largest absolute Gasteiger partial charge is 0.486 e. The molecule has 36 heavy (non-hydrogen) atoms. The molecule has 9 heteroatoms. The van der Waals surface area contributed by atoms with Gasteiger partial charge in [-0.25, -0.2) is 9.97 Å². The summed E-state index contributed by atoms with van der Waals surface area (Å²) in [5.74, 6) is 2.06. The van der Waals surface area contributed by atoms with Gasteiger partial charge in [0.25, 0.3) is 5.91 Å². The summed E-state index contributed by atoms with van der Waals surface area (Å²) in [5, 5.41) is 16.8. The number of aryl methyl sites for hydroxylation is 1. The molecule has 0 spiro atoms. The minimum absolute atomic E-state index is 0.198. The van der Waals surface area contributed by atoms with Crippen LogP contribution < -0.4 is 15.4 Å². The molecule has 2 aliphatic rings. The number of nitrogens with zero attached hydrogens (tertiary/aromatic N) is 3. The van der Waals surface area contributed by atoms with Crippen molar-refractivity contribution in [2.24, 2.45) is 0 Å². The SMILES string of the molecule is Cc1ncoc1COc1ccc2c(c1)CCN(CC(O)CNC(=O)c1ccnc(NC3CCC3)c1)C2. The van der Waals surface area contributed by atoms with Crippen LogP contribution in [0.3, 0.4) is 0 Å². The van der Waals surface area contributed by atoms with E-state index in [0.29, 0.717) is 24.8 Å². The van der Waals surface area contributed by atoms with Gasteiger partial charge in [-0.15, -0.1) is 0 Å². The number of anilines is 1. The molecule has 1 amide bonds. The number of benzene rings is 1. The van der Waals surface area contributed by atoms with Crippen LogP contribution in [0.5, 0.6) is 5.75 Å². The molecule has 1 unspecified atom stereocenters. The molecule has 9 nitrogen and oxygen atoms in total. The van der Waals surface area contributed by atoms with E-state index in [9.17, 15) is 9.90 Å². The van der Waals surface area contributed by atoms with Gasteiger partial charge in [-0.3, -0.25) is 9.69 Å². The summed E-state index contributed by atoms with van der Waals surface area (Å²) in [6.45, 7) is 4.53. The zero-order valence-corrected chi connectivity index (χ0v) is 20.6. The summed E-state index contributed by atoms with van der Waals surface area (Å²) in [6, 6.07) is 10.0. The van der Waals surface area contributed by atoms with Crippen LogP contribution in [0.1, 0.15) is 52.2 Å². The Hall–Kier alpha value is -3.43. The Labute approximate surface area is 210 Å². The Morgan fingerprint density at radius 2 is 2.14 bits per heavy atom. The minimum atomic E-state index is -0.655. The van der Waals surface area contributed by atoms with Crippen LogP contribution in [0, 0.1) is 6.92 Å². The van der Waals surface area contributed by atoms with Gasteiger partial charge in [0.2, 0.25) is 0 Å². The van der Waals surface area contributed by atoms with Gasteiger partial charge < -0.3 is 24.9 Å². The van der Waals surface area contributed by atoms with Gasteiger partial charge in [-0.1, -0.05) is 6.07 Å². The molecule has 0 bridgehead atoms. The number of aromatic nitrogens is 2. The maximum atomic E-state index is 12.6. The number of fused-ring (bicyclic) bond motifs is 1. The van der Waals surface area contributed by atoms with E-state index in [4.69, 9.17) is 9.15 Å². The third-order valence-electron chi connectivity index (χ3n) is 6.93. The molecule has 5 rings (SSSR count). The van der Waals surface area contributed by atoms with Crippen LogP contribution in [-0.2, 0) is 19.6 Å². The van der Waals surface area contributed by atoms with Crippen molar-refractivity contribution in [2.45, 2.75) is 57.9 Å². The number of pyridine rings is 1. The number of amides is 1. The quantitative estimate of drug-likeness (QED) is 0.397. The number of oxazole rings is 1. The van der Waals surface area contributed by atoms with Crippen molar-refractivity contribution >= 4 is 11.7 Å². The van der Waals surface area contributed by atoms with Crippen LogP contribution in [0.25, 0.3) is 0 Å². The lowest BCUT2D eigenvalue weighted by atomic mass is 9.93. The fourth-order valence-corrected chi connectivity index (χ4v) is 4.53. The molecular formula is C27H33N5O4. The lowest BCUT2D eigenvalue weighted by Gasteiger charge is -2.30. The third-order valence-corrected chi connectivity index (χ3v) is 6.93. The second-order valence-corrected chi connectivity index (χ2v) is 9.63. The zero-order valence-electron chi connectivity index (χ0n) is 20.6. The number of aliphatic hydroxyl groups is 1. The number of carbonyl (C=O) groups excluding carboxylic acids is 1. The monoisotopic (exact) mass is 491 g/mol. The number of carbonyl (C=O) groups is 1. The highest BCUT2D eigenvalue weighted by molar-refractivity contribution is 5.94. The first kappa shape index (κ1) is 24.3. The van der Waals surface area contributed by atoms with E-state index in [0.717, 1.165) is 55.4 Å². The molecular weight excluding hydrogens is 458 g/mol. The van der Waals surface area contributed by atoms with Gasteiger partial charge in [-0.2, -0.15) is 0 Å². The number of ether oxygens (including phenoxy) is 1. The number of hydrogen-bond donors (Lipinski definition) is 3. The van der Waals surface area contributed by atoms with Crippen molar-refractivity contribution in [3.05, 3.63) is 71.1 Å². The first-order valence-electron chi connectivity index (χ1n) is 12.6. The first-order valence-corrected chi connectivity index (χ1v) is 12.6. The topological polar surface area (TPSA) is 113 Å². The highest BCUT2D eigenvalue weighted by Crippen LogP contribution is 2.25. The normalized spacial score (nSPS) is 16.6. The molecule has 3 heterocycles. The average Bonchev–Trinajstić information content (AvgIpc) is 3.28. The number of β-amino-alcohol motifs (C(OH)–C–C–N with tert-alkyl or cyclic N) is 1. The molecule has 1 aromatic carbocycles. The molecule has 2 aromatic heterocycles. The van der Waals surface area contributed by atoms with Gasteiger partial charge in [0.1, 0.15) is 18.2 Å². The van der Waals surface area contributed by atoms with Crippen LogP contribution in [0.15, 0.2) is 47.3 Å². The molecule has 1 aliphatic carbocycles. The summed E-state index contributed by atoms with van der Waals surface area (Å²) >= 11 is 0. The lowest BCUT2D eigenvalue weighted by molar-refractivity contribution is 0.0841. The first-order chi connectivity index (χ1) is 17.5. The van der Waals surface area contributed by atoms with E-state index in [1.54, 1.807) is 18.3 Å². The van der Waals surface area contributed by atoms with Gasteiger partial charge in [-0.05, 0) is 68.0 Å². The second kappa shape index (κ2) is 11.1. The van der Waals surface area contributed by atoms with Crippen molar-refractivity contribution in [2.75, 3.05) is 25.0 Å². The second-order valence-electron chi connectivity index (χ2n) is 9.63. The average molecular weight is 492 g/mol. The van der Waals surface area contributed by atoms with Gasteiger partial charge in [0.05, 0.1) is 11.8 Å². The standard InChI is InChI=1S/C27H33N5O4/c1-18-25(36-17-30-18)16-35-24-6-5-21-14-32(10-8-19(21)11-24)15-23(33)13-29-27(34)20-7-9-28-26(12-20)31-22-3-2-4-22/h5-7,9,11-12,17,22-23,33H,2-4,8,10,13-16H2,1H3,(H,28,31)(H,29,34). The maximum Gasteiger partial charge on any atom is 0.251 e. The molecule has 1 aliphatic heterocycles. The fraction of sp³-hybridized carbons (Fsp3) is 0.444. The predicted molar refractivity (Wildman–Crippen MR) is 135 cm³/mol. The predicted octanol–water partition coefficient (Wildman–Crippen LogP) is 3.07. The van der Waals surface area contributed by atoms with E-state index in [-0.39, 0.29) is 12.5 Å². The molecule has 1 atom stereocenters. The van der Waals surface area contributed by atoms with E-state index in [1.807, 2.05) is 13.0 Å². The minimum Gasteiger partial charge on any atom is -0.486 e. The van der Waals surface area contributed by atoms with E-state index < -0.39 is 6.10 Å². The Kier molecular flexibility index (Phi) is 7.48. The summed E-state index contributed by atoms with van der Waals surface area (Å²) in [6.07, 6.45) is 6.81. The fourth-order valence-electron chi connectivity index (χ4n) is 4.53. The molecule has 1 fully saturated rings. The number of rotatable bonds is 10. The third kappa shape index (κ3) is 6.03. The smallest absolute Gasteiger partial charge is 0.251 e. The number of hydrogen-bond acceptors (Lipinski definition) is 8. The Morgan fingerprint density at radius 3 is 2.92 bits per heavy atom. The number of aliphatic hydroxyl groups excluding tert-OH is 1. The Balaban J connectivity index is 1.07. The van der Waals surface area contributed by atoms with Gasteiger partial charge >= 0.3 is 0 Å². The highest BCUT2D eigenvalue weighted by atomic mass is 16.5. The molecule has 1 saturated carbocycles. The van der Waals surface area contributed by atoms with Crippen molar-refractivity contribution < 1.29 is 19.1 Å². The lowest BCUT2D eigenvalue weighted by Crippen LogP contribution is -2.42. The maximum absolute atomic E-state index is 12.6. The summed E-state index contributed by atoms with van der Waals surface area (Å²) in [5.41, 5.74) is 3.86. The van der Waals surface area contributed by atoms with Crippen LogP contribution >= 0.6 is 0 Å². The van der Waals surface area contributed by atoms with Crippen molar-refractivity contribution in [1.29, 1.82) is 0 Å². The van der Waals surface area contributed by atoms with Crippen molar-refractivity contribution in [1.82, 2.24) is 20.2 Å². The molecule has 0 saturated heterocycles. The van der Waals surface area contributed by atoms with E-state index in [1.165, 1.54) is 23.9 Å². The van der Waals surface area contributed by atoms with Crippen LogP contribution in [-0.4, -0.2) is 57.7 Å². The molecule has 3 N–H and O–H groups in total. The summed E-state index contributed by atoms with van der Waals surface area (Å²) < 4.78 is 11.2. The van der Waals surface area contributed by atoms with E-state index >= 15 is 0 Å². The van der Waals surface area contributed by atoms with E-state index in [2.05, 4.69) is 37.6 Å². The Morgan fingerprint density at radius 1 is 1.25 bits per heavy atom.